The van der Waals surface area contributed by atoms with E-state index in [4.69, 9.17) is 9.47 Å². The minimum Gasteiger partial charge on any atom is -0.497 e. The zero-order chi connectivity index (χ0) is 20.0. The van der Waals surface area contributed by atoms with Crippen molar-refractivity contribution in [3.8, 4) is 5.75 Å². The maximum Gasteiger partial charge on any atom is 0.243 e. The second-order valence-electron chi connectivity index (χ2n) is 6.05. The fourth-order valence-electron chi connectivity index (χ4n) is 2.66. The Morgan fingerprint density at radius 1 is 1.11 bits per heavy atom. The first-order valence-corrected chi connectivity index (χ1v) is 11.2. The maximum absolute atomic E-state index is 12.6. The summed E-state index contributed by atoms with van der Waals surface area (Å²) in [7, 11) is -1.93. The van der Waals surface area contributed by atoms with E-state index in [0.29, 0.717) is 32.0 Å². The topological polar surface area (TPSA) is 84.9 Å². The summed E-state index contributed by atoms with van der Waals surface area (Å²) in [5.41, 5.74) is 0.557. The average molecular weight is 423 g/mol. The zero-order valence-corrected chi connectivity index (χ0v) is 17.1. The van der Waals surface area contributed by atoms with E-state index in [0.717, 1.165) is 10.6 Å². The van der Waals surface area contributed by atoms with Crippen LogP contribution in [0.3, 0.4) is 0 Å². The minimum atomic E-state index is -3.53. The molecule has 3 rings (SSSR count). The molecule has 0 bridgehead atoms. The Hall–Kier alpha value is -2.07. The third-order valence-electron chi connectivity index (χ3n) is 4.18. The van der Waals surface area contributed by atoms with Gasteiger partial charge in [-0.15, -0.1) is 11.8 Å². The molecule has 0 radical (unpaired) electrons. The number of ether oxygens (including phenoxy) is 2. The molecule has 1 aliphatic rings. The van der Waals surface area contributed by atoms with Crippen molar-refractivity contribution in [2.75, 3.05) is 44.5 Å². The predicted octanol–water partition coefficient (Wildman–Crippen LogP) is 2.45. The lowest BCUT2D eigenvalue weighted by atomic mass is 10.3. The Morgan fingerprint density at radius 2 is 1.75 bits per heavy atom. The fourth-order valence-corrected chi connectivity index (χ4v) is 4.77. The van der Waals surface area contributed by atoms with Crippen LogP contribution in [-0.2, 0) is 19.6 Å². The average Bonchev–Trinajstić information content (AvgIpc) is 2.73. The van der Waals surface area contributed by atoms with Crippen LogP contribution in [-0.4, -0.2) is 57.8 Å². The molecule has 9 heteroatoms. The number of morpholine rings is 1. The number of sulfonamides is 1. The molecule has 0 saturated carbocycles. The molecule has 2 aromatic rings. The van der Waals surface area contributed by atoms with Gasteiger partial charge in [-0.2, -0.15) is 4.31 Å². The van der Waals surface area contributed by atoms with E-state index in [-0.39, 0.29) is 16.6 Å². The predicted molar refractivity (Wildman–Crippen MR) is 108 cm³/mol. The van der Waals surface area contributed by atoms with Crippen molar-refractivity contribution in [2.45, 2.75) is 9.79 Å². The summed E-state index contributed by atoms with van der Waals surface area (Å²) in [5.74, 6) is 0.852. The van der Waals surface area contributed by atoms with Gasteiger partial charge in [0.1, 0.15) is 5.75 Å². The monoisotopic (exact) mass is 422 g/mol. The van der Waals surface area contributed by atoms with Gasteiger partial charge < -0.3 is 14.8 Å². The second kappa shape index (κ2) is 9.42. The van der Waals surface area contributed by atoms with E-state index in [2.05, 4.69) is 5.32 Å². The molecule has 0 atom stereocenters. The van der Waals surface area contributed by atoms with Gasteiger partial charge in [-0.05, 0) is 48.5 Å². The summed E-state index contributed by atoms with van der Waals surface area (Å²) in [6.07, 6.45) is 0. The molecule has 1 saturated heterocycles. The number of thioether (sulfide) groups is 1. The molecule has 150 valence electrons. The van der Waals surface area contributed by atoms with E-state index < -0.39 is 10.0 Å². The van der Waals surface area contributed by atoms with Gasteiger partial charge in [-0.1, -0.05) is 0 Å². The lowest BCUT2D eigenvalue weighted by Crippen LogP contribution is -2.40. The van der Waals surface area contributed by atoms with Crippen molar-refractivity contribution in [1.29, 1.82) is 0 Å². The summed E-state index contributed by atoms with van der Waals surface area (Å²) in [6, 6.07) is 13.7. The standard InChI is InChI=1S/C19H22N2O5S2/c1-25-16-4-6-17(7-5-16)27-14-19(22)20-15-2-8-18(9-3-15)28(23,24)21-10-12-26-13-11-21/h2-9H,10-14H2,1H3,(H,20,22). The molecule has 1 N–H and O–H groups in total. The third kappa shape index (κ3) is 5.26. The number of anilines is 1. The third-order valence-corrected chi connectivity index (χ3v) is 7.10. The van der Waals surface area contributed by atoms with Crippen molar-refractivity contribution in [3.63, 3.8) is 0 Å². The minimum absolute atomic E-state index is 0.162. The van der Waals surface area contributed by atoms with E-state index in [1.165, 1.54) is 28.2 Å². The van der Waals surface area contributed by atoms with Crippen LogP contribution in [0, 0.1) is 0 Å². The van der Waals surface area contributed by atoms with Gasteiger partial charge in [0.15, 0.2) is 0 Å². The Bertz CT molecular complexity index is 893. The van der Waals surface area contributed by atoms with Crippen LogP contribution in [0.4, 0.5) is 5.69 Å². The first-order valence-electron chi connectivity index (χ1n) is 8.74. The van der Waals surface area contributed by atoms with Gasteiger partial charge in [0, 0.05) is 23.7 Å². The largest absolute Gasteiger partial charge is 0.497 e. The SMILES string of the molecule is COc1ccc(SCC(=O)Nc2ccc(S(=O)(=O)N3CCOCC3)cc2)cc1. The molecule has 1 amide bonds. The number of nitrogens with one attached hydrogen (secondary N) is 1. The molecule has 2 aromatic carbocycles. The molecule has 1 aliphatic heterocycles. The van der Waals surface area contributed by atoms with E-state index in [1.54, 1.807) is 19.2 Å². The van der Waals surface area contributed by atoms with Crippen LogP contribution in [0.2, 0.25) is 0 Å². The Morgan fingerprint density at radius 3 is 2.36 bits per heavy atom. The first-order chi connectivity index (χ1) is 13.5. The number of carbonyl (C=O) groups excluding carboxylic acids is 1. The normalized spacial score (nSPS) is 15.2. The molecule has 1 heterocycles. The molecule has 0 aliphatic carbocycles. The molecule has 0 unspecified atom stereocenters. The number of hydrogen-bond acceptors (Lipinski definition) is 6. The number of carbonyl (C=O) groups is 1. The lowest BCUT2D eigenvalue weighted by Gasteiger charge is -2.26. The number of rotatable bonds is 7. The van der Waals surface area contributed by atoms with Gasteiger partial charge in [-0.3, -0.25) is 4.79 Å². The van der Waals surface area contributed by atoms with Crippen molar-refractivity contribution in [1.82, 2.24) is 4.31 Å². The van der Waals surface area contributed by atoms with Crippen LogP contribution in [0.25, 0.3) is 0 Å². The van der Waals surface area contributed by atoms with Gasteiger partial charge >= 0.3 is 0 Å². The Labute approximate surface area is 169 Å². The van der Waals surface area contributed by atoms with Crippen LogP contribution >= 0.6 is 11.8 Å². The summed E-state index contributed by atoms with van der Waals surface area (Å²) >= 11 is 1.41. The summed E-state index contributed by atoms with van der Waals surface area (Å²) in [4.78, 5) is 13.3. The number of nitrogens with zero attached hydrogens (tertiary/aromatic N) is 1. The Balaban J connectivity index is 1.55. The first kappa shape index (κ1) is 20.7. The van der Waals surface area contributed by atoms with Crippen molar-refractivity contribution >= 4 is 33.4 Å². The highest BCUT2D eigenvalue weighted by Crippen LogP contribution is 2.22. The number of methoxy groups -OCH3 is 1. The second-order valence-corrected chi connectivity index (χ2v) is 9.04. The number of hydrogen-bond donors (Lipinski definition) is 1. The molecule has 1 fully saturated rings. The van der Waals surface area contributed by atoms with E-state index in [9.17, 15) is 13.2 Å². The van der Waals surface area contributed by atoms with Crippen molar-refractivity contribution in [2.24, 2.45) is 0 Å². The molecular weight excluding hydrogens is 400 g/mol. The van der Waals surface area contributed by atoms with Crippen LogP contribution in [0.5, 0.6) is 5.75 Å². The highest BCUT2D eigenvalue weighted by molar-refractivity contribution is 8.00. The molecule has 7 nitrogen and oxygen atoms in total. The van der Waals surface area contributed by atoms with E-state index in [1.807, 2.05) is 24.3 Å². The summed E-state index contributed by atoms with van der Waals surface area (Å²) in [6.45, 7) is 1.51. The van der Waals surface area contributed by atoms with E-state index >= 15 is 0 Å². The quantitative estimate of drug-likeness (QED) is 0.690. The molecule has 28 heavy (non-hydrogen) atoms. The maximum atomic E-state index is 12.6. The number of amides is 1. The van der Waals surface area contributed by atoms with Gasteiger partial charge in [0.25, 0.3) is 0 Å². The summed E-state index contributed by atoms with van der Waals surface area (Å²) < 4.78 is 36.9. The zero-order valence-electron chi connectivity index (χ0n) is 15.5. The molecular formula is C19H22N2O5S2. The van der Waals surface area contributed by atoms with Crippen molar-refractivity contribution < 1.29 is 22.7 Å². The smallest absolute Gasteiger partial charge is 0.243 e. The van der Waals surface area contributed by atoms with Gasteiger partial charge in [0.2, 0.25) is 15.9 Å². The Kier molecular flexibility index (Phi) is 6.95. The molecule has 0 aromatic heterocycles. The lowest BCUT2D eigenvalue weighted by molar-refractivity contribution is -0.113. The van der Waals surface area contributed by atoms with Crippen molar-refractivity contribution in [3.05, 3.63) is 48.5 Å². The highest BCUT2D eigenvalue weighted by atomic mass is 32.2. The van der Waals surface area contributed by atoms with Crippen LogP contribution in [0.15, 0.2) is 58.3 Å². The number of benzene rings is 2. The highest BCUT2D eigenvalue weighted by Gasteiger charge is 2.26. The fraction of sp³-hybridized carbons (Fsp3) is 0.316. The van der Waals surface area contributed by atoms with Crippen LogP contribution < -0.4 is 10.1 Å². The van der Waals surface area contributed by atoms with Gasteiger partial charge in [-0.25, -0.2) is 8.42 Å². The summed E-state index contributed by atoms with van der Waals surface area (Å²) in [5, 5.41) is 2.78. The van der Waals surface area contributed by atoms with Gasteiger partial charge in [0.05, 0.1) is 31.0 Å². The molecule has 0 spiro atoms. The van der Waals surface area contributed by atoms with Crippen LogP contribution in [0.1, 0.15) is 0 Å².